The molecule has 0 saturated heterocycles. The molecule has 0 aliphatic heterocycles. The molecular formula is C7H5ClOTe. The monoisotopic (exact) mass is 270 g/mol. The van der Waals surface area contributed by atoms with E-state index in [-0.39, 0.29) is 0 Å². The molecule has 0 heterocycles. The third kappa shape index (κ3) is 1.73. The molecule has 0 aliphatic carbocycles. The number of rotatable bonds is 2. The van der Waals surface area contributed by atoms with Crippen molar-refractivity contribution in [2.24, 2.45) is 0 Å². The Kier molecular flexibility index (Phi) is 3.21. The van der Waals surface area contributed by atoms with Gasteiger partial charge in [-0.1, -0.05) is 0 Å². The Morgan fingerprint density at radius 2 is 2.10 bits per heavy atom. The Balaban J connectivity index is 3.08. The summed E-state index contributed by atoms with van der Waals surface area (Å²) in [4.78, 5) is 10.3. The van der Waals surface area contributed by atoms with Gasteiger partial charge in [-0.05, 0) is 0 Å². The Bertz CT molecular complexity index is 237. The Hall–Kier alpha value is -0.0304. The van der Waals surface area contributed by atoms with Gasteiger partial charge in [0.25, 0.3) is 0 Å². The third-order valence-corrected chi connectivity index (χ3v) is 3.78. The number of carbonyl (C=O) groups excluding carboxylic acids is 1. The number of hydrogen-bond donors (Lipinski definition) is 0. The van der Waals surface area contributed by atoms with Gasteiger partial charge >= 0.3 is 73.3 Å². The van der Waals surface area contributed by atoms with Crippen molar-refractivity contribution in [1.29, 1.82) is 0 Å². The second-order valence-corrected chi connectivity index (χ2v) is 4.46. The van der Waals surface area contributed by atoms with Crippen LogP contribution in [0.4, 0.5) is 0 Å². The van der Waals surface area contributed by atoms with Crippen LogP contribution in [0.2, 0.25) is 0 Å². The van der Waals surface area contributed by atoms with E-state index in [0.717, 1.165) is 15.5 Å². The number of hydrogen-bond acceptors (Lipinski definition) is 1. The predicted octanol–water partition coefficient (Wildman–Crippen LogP) is 0.982. The number of carbonyl (C=O) groups is 1. The summed E-state index contributed by atoms with van der Waals surface area (Å²) in [6, 6.07) is 7.43. The number of aldehydes is 1. The maximum absolute atomic E-state index is 10.3. The minimum atomic E-state index is -0.637. The normalized spacial score (nSPS) is 9.30. The molecule has 0 atom stereocenters. The van der Waals surface area contributed by atoms with Crippen molar-refractivity contribution >= 4 is 38.7 Å². The predicted molar refractivity (Wildman–Crippen MR) is 43.1 cm³/mol. The van der Waals surface area contributed by atoms with Crippen LogP contribution < -0.4 is 3.61 Å². The summed E-state index contributed by atoms with van der Waals surface area (Å²) in [7, 11) is 5.68. The van der Waals surface area contributed by atoms with Gasteiger partial charge in [-0.3, -0.25) is 0 Å². The SMILES string of the molecule is O=Cc1ccccc1[Te]Cl. The van der Waals surface area contributed by atoms with E-state index in [9.17, 15) is 4.79 Å². The first-order valence-electron chi connectivity index (χ1n) is 2.71. The Labute approximate surface area is 73.2 Å². The second kappa shape index (κ2) is 3.98. The van der Waals surface area contributed by atoms with E-state index in [1.165, 1.54) is 0 Å². The van der Waals surface area contributed by atoms with Crippen LogP contribution >= 0.6 is 8.96 Å². The van der Waals surface area contributed by atoms with Gasteiger partial charge in [-0.25, -0.2) is 0 Å². The van der Waals surface area contributed by atoms with Crippen LogP contribution in [0.15, 0.2) is 24.3 Å². The van der Waals surface area contributed by atoms with Crippen LogP contribution in [0.1, 0.15) is 10.4 Å². The summed E-state index contributed by atoms with van der Waals surface area (Å²) in [6.07, 6.45) is 0.850. The molecule has 0 spiro atoms. The molecule has 1 aromatic carbocycles. The fourth-order valence-electron chi connectivity index (χ4n) is 0.648. The van der Waals surface area contributed by atoms with Gasteiger partial charge in [0.05, 0.1) is 0 Å². The molecule has 0 aromatic heterocycles. The first kappa shape index (κ1) is 8.07. The standard InChI is InChI=1S/C7H5ClOTe/c8-10-7-4-2-1-3-6(7)5-9/h1-5H. The van der Waals surface area contributed by atoms with Crippen molar-refractivity contribution in [3.8, 4) is 0 Å². The van der Waals surface area contributed by atoms with Gasteiger partial charge in [0, 0.05) is 0 Å². The zero-order chi connectivity index (χ0) is 7.40. The van der Waals surface area contributed by atoms with Crippen molar-refractivity contribution in [2.75, 3.05) is 0 Å². The molecule has 0 unspecified atom stereocenters. The van der Waals surface area contributed by atoms with Gasteiger partial charge < -0.3 is 0 Å². The van der Waals surface area contributed by atoms with Gasteiger partial charge in [0.15, 0.2) is 0 Å². The third-order valence-electron chi connectivity index (χ3n) is 1.13. The van der Waals surface area contributed by atoms with E-state index < -0.39 is 19.8 Å². The van der Waals surface area contributed by atoms with E-state index in [1.54, 1.807) is 6.07 Å². The second-order valence-electron chi connectivity index (χ2n) is 1.73. The molecule has 3 heteroatoms. The van der Waals surface area contributed by atoms with Crippen molar-refractivity contribution in [3.63, 3.8) is 0 Å². The summed E-state index contributed by atoms with van der Waals surface area (Å²) in [5.74, 6) is 0. The molecule has 0 amide bonds. The zero-order valence-electron chi connectivity index (χ0n) is 5.08. The molecule has 1 aromatic rings. The van der Waals surface area contributed by atoms with Crippen molar-refractivity contribution < 1.29 is 4.79 Å². The topological polar surface area (TPSA) is 17.1 Å². The molecule has 0 radical (unpaired) electrons. The summed E-state index contributed by atoms with van der Waals surface area (Å²) in [6.45, 7) is 0. The fraction of sp³-hybridized carbons (Fsp3) is 0. The summed E-state index contributed by atoms with van der Waals surface area (Å²) in [5, 5.41) is 0. The quantitative estimate of drug-likeness (QED) is 0.577. The van der Waals surface area contributed by atoms with E-state index in [4.69, 9.17) is 8.96 Å². The first-order chi connectivity index (χ1) is 4.88. The van der Waals surface area contributed by atoms with Crippen LogP contribution in [0.3, 0.4) is 0 Å². The molecule has 0 fully saturated rings. The molecule has 52 valence electrons. The summed E-state index contributed by atoms with van der Waals surface area (Å²) >= 11 is -0.637. The van der Waals surface area contributed by atoms with Crippen molar-refractivity contribution in [3.05, 3.63) is 29.8 Å². The van der Waals surface area contributed by atoms with Gasteiger partial charge in [0.1, 0.15) is 0 Å². The first-order valence-corrected chi connectivity index (χ1v) is 6.83. The molecule has 0 aliphatic rings. The maximum atomic E-state index is 10.3. The van der Waals surface area contributed by atoms with Crippen molar-refractivity contribution in [1.82, 2.24) is 0 Å². The molecular weight excluding hydrogens is 263 g/mol. The number of halogens is 1. The average molecular weight is 268 g/mol. The van der Waals surface area contributed by atoms with Crippen LogP contribution in [0.25, 0.3) is 0 Å². The molecule has 10 heavy (non-hydrogen) atoms. The molecule has 1 rings (SSSR count). The van der Waals surface area contributed by atoms with Gasteiger partial charge in [0.2, 0.25) is 0 Å². The van der Waals surface area contributed by atoms with Crippen LogP contribution in [0, 0.1) is 0 Å². The van der Waals surface area contributed by atoms with Crippen LogP contribution in [0.5, 0.6) is 0 Å². The van der Waals surface area contributed by atoms with E-state index in [0.29, 0.717) is 0 Å². The summed E-state index contributed by atoms with van der Waals surface area (Å²) in [5.41, 5.74) is 0.736. The molecule has 0 bridgehead atoms. The number of benzene rings is 1. The molecule has 0 N–H and O–H groups in total. The Morgan fingerprint density at radius 1 is 1.40 bits per heavy atom. The van der Waals surface area contributed by atoms with Crippen LogP contribution in [-0.2, 0) is 0 Å². The summed E-state index contributed by atoms with van der Waals surface area (Å²) < 4.78 is 1.02. The fourth-order valence-corrected chi connectivity index (χ4v) is 2.55. The van der Waals surface area contributed by atoms with E-state index >= 15 is 0 Å². The van der Waals surface area contributed by atoms with Crippen LogP contribution in [-0.4, -0.2) is 26.1 Å². The average Bonchev–Trinajstić information content (AvgIpc) is 2.04. The van der Waals surface area contributed by atoms with E-state index in [2.05, 4.69) is 0 Å². The van der Waals surface area contributed by atoms with Gasteiger partial charge in [-0.2, -0.15) is 0 Å². The van der Waals surface area contributed by atoms with E-state index in [1.807, 2.05) is 18.2 Å². The van der Waals surface area contributed by atoms with Gasteiger partial charge in [-0.15, -0.1) is 0 Å². The van der Waals surface area contributed by atoms with Crippen molar-refractivity contribution in [2.45, 2.75) is 0 Å². The molecule has 0 saturated carbocycles. The minimum absolute atomic E-state index is 0.637. The Morgan fingerprint density at radius 3 is 2.60 bits per heavy atom. The zero-order valence-corrected chi connectivity index (χ0v) is 8.17. The molecule has 1 nitrogen and oxygen atoms in total.